The number of benzene rings is 1. The predicted molar refractivity (Wildman–Crippen MR) is 48.1 cm³/mol. The minimum absolute atomic E-state index is 0.233. The van der Waals surface area contributed by atoms with Gasteiger partial charge in [-0.25, -0.2) is 4.39 Å². The van der Waals surface area contributed by atoms with Crippen molar-refractivity contribution in [1.29, 1.82) is 0 Å². The van der Waals surface area contributed by atoms with Crippen LogP contribution in [0.3, 0.4) is 0 Å². The van der Waals surface area contributed by atoms with Crippen LogP contribution in [0.2, 0.25) is 5.02 Å². The molecule has 2 rings (SSSR count). The first kappa shape index (κ1) is 8.06. The van der Waals surface area contributed by atoms with Crippen LogP contribution >= 0.6 is 11.6 Å². The summed E-state index contributed by atoms with van der Waals surface area (Å²) in [5, 5.41) is 0.233. The van der Waals surface area contributed by atoms with Crippen molar-refractivity contribution in [2.24, 2.45) is 0 Å². The van der Waals surface area contributed by atoms with Crippen LogP contribution in [0.25, 0.3) is 0 Å². The molecule has 0 radical (unpaired) electrons. The van der Waals surface area contributed by atoms with E-state index in [1.165, 1.54) is 12.8 Å². The maximum atomic E-state index is 13.2. The Morgan fingerprint density at radius 2 is 2.08 bits per heavy atom. The van der Waals surface area contributed by atoms with E-state index >= 15 is 0 Å². The Morgan fingerprint density at radius 1 is 1.42 bits per heavy atom. The Kier molecular flexibility index (Phi) is 1.84. The second-order valence-electron chi connectivity index (χ2n) is 3.35. The summed E-state index contributed by atoms with van der Waals surface area (Å²) in [5.74, 6) is 0.345. The molecule has 0 saturated heterocycles. The van der Waals surface area contributed by atoms with Crippen molar-refractivity contribution in [3.8, 4) is 0 Å². The molecule has 1 aliphatic rings. The highest BCUT2D eigenvalue weighted by atomic mass is 35.5. The molecular formula is C10H10ClF. The second kappa shape index (κ2) is 2.74. The zero-order valence-corrected chi connectivity index (χ0v) is 7.66. The van der Waals surface area contributed by atoms with Gasteiger partial charge in [-0.3, -0.25) is 0 Å². The molecule has 0 aromatic heterocycles. The van der Waals surface area contributed by atoms with Gasteiger partial charge in [-0.05, 0) is 42.9 Å². The summed E-state index contributed by atoms with van der Waals surface area (Å²) in [5.41, 5.74) is 1.86. The van der Waals surface area contributed by atoms with Gasteiger partial charge in [0.2, 0.25) is 0 Å². The number of halogens is 2. The summed E-state index contributed by atoms with van der Waals surface area (Å²) in [6, 6.07) is 3.59. The highest BCUT2D eigenvalue weighted by Crippen LogP contribution is 2.42. The molecule has 0 atom stereocenters. The summed E-state index contributed by atoms with van der Waals surface area (Å²) in [4.78, 5) is 0. The monoisotopic (exact) mass is 184 g/mol. The van der Waals surface area contributed by atoms with Gasteiger partial charge < -0.3 is 0 Å². The first-order valence-corrected chi connectivity index (χ1v) is 4.52. The van der Waals surface area contributed by atoms with E-state index in [1.807, 2.05) is 6.07 Å². The van der Waals surface area contributed by atoms with E-state index in [4.69, 9.17) is 11.6 Å². The molecule has 0 bridgehead atoms. The molecule has 0 spiro atoms. The van der Waals surface area contributed by atoms with Gasteiger partial charge in [0.05, 0.1) is 5.02 Å². The molecule has 2 heteroatoms. The lowest BCUT2D eigenvalue weighted by atomic mass is 10.0. The zero-order chi connectivity index (χ0) is 8.72. The maximum Gasteiger partial charge on any atom is 0.144 e. The fourth-order valence-electron chi connectivity index (χ4n) is 1.50. The van der Waals surface area contributed by atoms with Gasteiger partial charge in [0.25, 0.3) is 0 Å². The van der Waals surface area contributed by atoms with Crippen LogP contribution in [-0.2, 0) is 0 Å². The lowest BCUT2D eigenvalue weighted by Crippen LogP contribution is -1.91. The van der Waals surface area contributed by atoms with Crippen LogP contribution in [0, 0.1) is 12.7 Å². The molecule has 0 nitrogen and oxygen atoms in total. The molecule has 1 aliphatic carbocycles. The Labute approximate surface area is 76.4 Å². The van der Waals surface area contributed by atoms with Crippen molar-refractivity contribution in [3.63, 3.8) is 0 Å². The highest BCUT2D eigenvalue weighted by molar-refractivity contribution is 6.30. The summed E-state index contributed by atoms with van der Waals surface area (Å²) in [7, 11) is 0. The third-order valence-electron chi connectivity index (χ3n) is 2.40. The van der Waals surface area contributed by atoms with Gasteiger partial charge in [0, 0.05) is 0 Å². The molecule has 0 amide bonds. The first-order valence-electron chi connectivity index (χ1n) is 4.14. The van der Waals surface area contributed by atoms with Crippen molar-refractivity contribution in [3.05, 3.63) is 34.1 Å². The molecule has 0 N–H and O–H groups in total. The van der Waals surface area contributed by atoms with Crippen molar-refractivity contribution in [1.82, 2.24) is 0 Å². The third kappa shape index (κ3) is 1.22. The Morgan fingerprint density at radius 3 is 2.67 bits per heavy atom. The van der Waals surface area contributed by atoms with E-state index in [0.717, 1.165) is 11.1 Å². The molecule has 1 saturated carbocycles. The van der Waals surface area contributed by atoms with E-state index in [2.05, 4.69) is 0 Å². The Hall–Kier alpha value is -0.560. The summed E-state index contributed by atoms with van der Waals surface area (Å²) in [6.45, 7) is 1.80. The molecule has 1 aromatic rings. The first-order chi connectivity index (χ1) is 5.70. The second-order valence-corrected chi connectivity index (χ2v) is 3.76. The van der Waals surface area contributed by atoms with Crippen molar-refractivity contribution >= 4 is 11.6 Å². The van der Waals surface area contributed by atoms with Crippen molar-refractivity contribution in [2.75, 3.05) is 0 Å². The van der Waals surface area contributed by atoms with Crippen molar-refractivity contribution in [2.45, 2.75) is 25.7 Å². The standard InChI is InChI=1S/C10H10ClF/c1-6-8(7-2-3-7)4-5-9(11)10(6)12/h4-5,7H,2-3H2,1H3. The predicted octanol–water partition coefficient (Wildman–Crippen LogP) is 3.66. The van der Waals surface area contributed by atoms with Gasteiger partial charge in [-0.2, -0.15) is 0 Å². The van der Waals surface area contributed by atoms with Crippen molar-refractivity contribution < 1.29 is 4.39 Å². The summed E-state index contributed by atoms with van der Waals surface area (Å²) < 4.78 is 13.2. The molecule has 1 aromatic carbocycles. The lowest BCUT2D eigenvalue weighted by molar-refractivity contribution is 0.616. The average Bonchev–Trinajstić information content (AvgIpc) is 2.84. The number of rotatable bonds is 1. The lowest BCUT2D eigenvalue weighted by Gasteiger charge is -2.05. The van der Waals surface area contributed by atoms with Crippen LogP contribution in [0.1, 0.15) is 29.9 Å². The SMILES string of the molecule is Cc1c(C2CC2)ccc(Cl)c1F. The quantitative estimate of drug-likeness (QED) is 0.625. The molecule has 1 fully saturated rings. The largest absolute Gasteiger partial charge is 0.205 e. The fourth-order valence-corrected chi connectivity index (χ4v) is 1.71. The fraction of sp³-hybridized carbons (Fsp3) is 0.400. The zero-order valence-electron chi connectivity index (χ0n) is 6.90. The van der Waals surface area contributed by atoms with E-state index in [0.29, 0.717) is 5.92 Å². The Bertz CT molecular complexity index is 316. The molecule has 0 heterocycles. The van der Waals surface area contributed by atoms with Gasteiger partial charge >= 0.3 is 0 Å². The van der Waals surface area contributed by atoms with Crippen LogP contribution in [-0.4, -0.2) is 0 Å². The molecule has 0 aliphatic heterocycles. The number of hydrogen-bond acceptors (Lipinski definition) is 0. The Balaban J connectivity index is 2.49. The van der Waals surface area contributed by atoms with Crippen LogP contribution in [0.15, 0.2) is 12.1 Å². The van der Waals surface area contributed by atoms with Gasteiger partial charge in [-0.15, -0.1) is 0 Å². The normalized spacial score (nSPS) is 16.6. The van der Waals surface area contributed by atoms with Gasteiger partial charge in [0.15, 0.2) is 0 Å². The van der Waals surface area contributed by atoms with E-state index in [-0.39, 0.29) is 10.8 Å². The molecular weight excluding hydrogens is 175 g/mol. The van der Waals surface area contributed by atoms with Crippen LogP contribution in [0.5, 0.6) is 0 Å². The third-order valence-corrected chi connectivity index (χ3v) is 2.69. The average molecular weight is 185 g/mol. The minimum Gasteiger partial charge on any atom is -0.205 e. The summed E-state index contributed by atoms with van der Waals surface area (Å²) >= 11 is 5.64. The molecule has 12 heavy (non-hydrogen) atoms. The van der Waals surface area contributed by atoms with E-state index < -0.39 is 0 Å². The molecule has 0 unspecified atom stereocenters. The highest BCUT2D eigenvalue weighted by Gasteiger charge is 2.26. The summed E-state index contributed by atoms with van der Waals surface area (Å²) in [6.07, 6.45) is 2.39. The van der Waals surface area contributed by atoms with Crippen LogP contribution in [0.4, 0.5) is 4.39 Å². The topological polar surface area (TPSA) is 0 Å². The van der Waals surface area contributed by atoms with Gasteiger partial charge in [0.1, 0.15) is 5.82 Å². The smallest absolute Gasteiger partial charge is 0.144 e. The van der Waals surface area contributed by atoms with Crippen LogP contribution < -0.4 is 0 Å². The van der Waals surface area contributed by atoms with Gasteiger partial charge in [-0.1, -0.05) is 17.7 Å². The van der Waals surface area contributed by atoms with E-state index in [1.54, 1.807) is 13.0 Å². The number of hydrogen-bond donors (Lipinski definition) is 0. The minimum atomic E-state index is -0.249. The van der Waals surface area contributed by atoms with E-state index in [9.17, 15) is 4.39 Å². The molecule has 64 valence electrons. The maximum absolute atomic E-state index is 13.2.